The van der Waals surface area contributed by atoms with Crippen LogP contribution in [0.2, 0.25) is 0 Å². The van der Waals surface area contributed by atoms with Crippen LogP contribution in [0, 0.1) is 5.82 Å². The van der Waals surface area contributed by atoms with Gasteiger partial charge >= 0.3 is 5.97 Å². The Hall–Kier alpha value is -4.00. The number of hydrogen-bond acceptors (Lipinski definition) is 7. The number of rotatable bonds is 7. The summed E-state index contributed by atoms with van der Waals surface area (Å²) in [5.41, 5.74) is 0.0778. The predicted molar refractivity (Wildman–Crippen MR) is 126 cm³/mol. The van der Waals surface area contributed by atoms with Crippen molar-refractivity contribution in [2.45, 2.75) is 26.2 Å². The fraction of sp³-hybridized carbons (Fsp3) is 0.273. The summed E-state index contributed by atoms with van der Waals surface area (Å²) in [6.45, 7) is 5.75. The summed E-state index contributed by atoms with van der Waals surface area (Å²) in [7, 11) is -2.33. The van der Waals surface area contributed by atoms with Gasteiger partial charge in [0.2, 0.25) is 10.0 Å². The molecule has 0 radical (unpaired) electrons. The number of nitrogens with zero attached hydrogens (tertiary/aromatic N) is 3. The van der Waals surface area contributed by atoms with Gasteiger partial charge in [-0.15, -0.1) is 5.10 Å². The molecule has 3 N–H and O–H groups in total. The molecule has 1 heterocycles. The quantitative estimate of drug-likeness (QED) is 0.443. The molecule has 13 heteroatoms. The molecule has 0 fully saturated rings. The first-order valence-electron chi connectivity index (χ1n) is 10.2. The van der Waals surface area contributed by atoms with E-state index in [1.165, 1.54) is 19.2 Å². The maximum Gasteiger partial charge on any atom is 0.358 e. The summed E-state index contributed by atoms with van der Waals surface area (Å²) < 4.78 is 46.9. The van der Waals surface area contributed by atoms with E-state index in [0.29, 0.717) is 5.56 Å². The molecule has 3 aromatic rings. The lowest BCUT2D eigenvalue weighted by Crippen LogP contribution is -2.18. The SMILES string of the molecule is COc1c(NC(=O)c2ccc(F)c(-n3cc(C(=O)O)nn3)c2)cc(C(C)(C)C)cc1NS(C)(=O)=O. The first kappa shape index (κ1) is 25.6. The van der Waals surface area contributed by atoms with Crippen LogP contribution >= 0.6 is 0 Å². The number of hydrogen-bond donors (Lipinski definition) is 3. The van der Waals surface area contributed by atoms with E-state index in [1.807, 2.05) is 20.8 Å². The Labute approximate surface area is 201 Å². The van der Waals surface area contributed by atoms with Crippen molar-refractivity contribution in [3.8, 4) is 11.4 Å². The summed E-state index contributed by atoms with van der Waals surface area (Å²) in [6.07, 6.45) is 2.01. The fourth-order valence-electron chi connectivity index (χ4n) is 3.15. The second-order valence-corrected chi connectivity index (χ2v) is 10.5. The van der Waals surface area contributed by atoms with Crippen LogP contribution < -0.4 is 14.8 Å². The average molecular weight is 506 g/mol. The smallest absolute Gasteiger partial charge is 0.358 e. The number of aromatic nitrogens is 3. The number of carbonyl (C=O) groups excluding carboxylic acids is 1. The number of halogens is 1. The minimum absolute atomic E-state index is 0.0228. The lowest BCUT2D eigenvalue weighted by molar-refractivity contribution is 0.0690. The van der Waals surface area contributed by atoms with Gasteiger partial charge in [0.05, 0.1) is 30.9 Å². The van der Waals surface area contributed by atoms with Gasteiger partial charge < -0.3 is 15.2 Å². The van der Waals surface area contributed by atoms with E-state index in [1.54, 1.807) is 12.1 Å². The van der Waals surface area contributed by atoms with E-state index in [0.717, 1.165) is 23.2 Å². The Morgan fingerprint density at radius 2 is 1.80 bits per heavy atom. The molecule has 11 nitrogen and oxygen atoms in total. The zero-order valence-corrected chi connectivity index (χ0v) is 20.4. The van der Waals surface area contributed by atoms with Gasteiger partial charge in [0.1, 0.15) is 11.5 Å². The topological polar surface area (TPSA) is 153 Å². The Morgan fingerprint density at radius 3 is 2.34 bits per heavy atom. The van der Waals surface area contributed by atoms with Gasteiger partial charge in [-0.05, 0) is 41.3 Å². The van der Waals surface area contributed by atoms with E-state index in [4.69, 9.17) is 9.84 Å². The molecule has 0 aliphatic carbocycles. The third-order valence-corrected chi connectivity index (χ3v) is 5.46. The van der Waals surface area contributed by atoms with Gasteiger partial charge in [0.15, 0.2) is 11.4 Å². The van der Waals surface area contributed by atoms with Gasteiger partial charge in [-0.25, -0.2) is 22.3 Å². The second-order valence-electron chi connectivity index (χ2n) is 8.70. The van der Waals surface area contributed by atoms with Gasteiger partial charge in [0, 0.05) is 5.56 Å². The Kier molecular flexibility index (Phi) is 6.83. The second kappa shape index (κ2) is 9.33. The van der Waals surface area contributed by atoms with Crippen molar-refractivity contribution >= 4 is 33.3 Å². The number of methoxy groups -OCH3 is 1. The number of carboxylic acid groups (broad SMARTS) is 1. The van der Waals surface area contributed by atoms with Crippen LogP contribution in [0.15, 0.2) is 36.5 Å². The summed E-state index contributed by atoms with van der Waals surface area (Å²) in [4.78, 5) is 24.1. The molecule has 0 saturated carbocycles. The largest absolute Gasteiger partial charge is 0.492 e. The monoisotopic (exact) mass is 505 g/mol. The fourth-order valence-corrected chi connectivity index (χ4v) is 3.70. The van der Waals surface area contributed by atoms with Crippen LogP contribution in [0.4, 0.5) is 15.8 Å². The van der Waals surface area contributed by atoms with E-state index >= 15 is 0 Å². The number of sulfonamides is 1. The van der Waals surface area contributed by atoms with Gasteiger partial charge in [0.25, 0.3) is 5.91 Å². The van der Waals surface area contributed by atoms with Gasteiger partial charge in [-0.3, -0.25) is 9.52 Å². The third-order valence-electron chi connectivity index (χ3n) is 4.87. The molecular weight excluding hydrogens is 481 g/mol. The van der Waals surface area contributed by atoms with Crippen molar-refractivity contribution in [2.24, 2.45) is 0 Å². The first-order valence-corrected chi connectivity index (χ1v) is 12.1. The van der Waals surface area contributed by atoms with Crippen LogP contribution in [0.1, 0.15) is 47.2 Å². The van der Waals surface area contributed by atoms with E-state index in [9.17, 15) is 22.4 Å². The molecule has 0 aliphatic heterocycles. The maximum atomic E-state index is 14.4. The summed E-state index contributed by atoms with van der Waals surface area (Å²) in [5, 5.41) is 18.7. The Bertz CT molecular complexity index is 1410. The number of aromatic carboxylic acids is 1. The highest BCUT2D eigenvalue weighted by Crippen LogP contribution is 2.39. The third kappa shape index (κ3) is 5.93. The number of benzene rings is 2. The number of ether oxygens (including phenoxy) is 1. The van der Waals surface area contributed by atoms with Crippen LogP contribution in [-0.4, -0.2) is 53.8 Å². The van der Waals surface area contributed by atoms with Crippen LogP contribution in [0.5, 0.6) is 5.75 Å². The van der Waals surface area contributed by atoms with Crippen molar-refractivity contribution in [3.63, 3.8) is 0 Å². The highest BCUT2D eigenvalue weighted by atomic mass is 32.2. The van der Waals surface area contributed by atoms with Crippen molar-refractivity contribution in [2.75, 3.05) is 23.4 Å². The molecule has 1 amide bonds. The summed E-state index contributed by atoms with van der Waals surface area (Å²) in [6, 6.07) is 6.73. The van der Waals surface area contributed by atoms with E-state index in [2.05, 4.69) is 20.4 Å². The van der Waals surface area contributed by atoms with Crippen molar-refractivity contribution in [3.05, 3.63) is 59.2 Å². The molecule has 0 aliphatic rings. The first-order chi connectivity index (χ1) is 16.2. The van der Waals surface area contributed by atoms with Crippen molar-refractivity contribution < 1.29 is 32.2 Å². The molecule has 2 aromatic carbocycles. The maximum absolute atomic E-state index is 14.4. The van der Waals surface area contributed by atoms with Gasteiger partial charge in [-0.1, -0.05) is 26.0 Å². The molecule has 0 unspecified atom stereocenters. The highest BCUT2D eigenvalue weighted by Gasteiger charge is 2.23. The van der Waals surface area contributed by atoms with Crippen molar-refractivity contribution in [1.82, 2.24) is 15.0 Å². The summed E-state index contributed by atoms with van der Waals surface area (Å²) in [5.74, 6) is -2.66. The molecule has 1 aromatic heterocycles. The molecule has 3 rings (SSSR count). The lowest BCUT2D eigenvalue weighted by Gasteiger charge is -2.24. The number of nitrogens with one attached hydrogen (secondary N) is 2. The molecule has 186 valence electrons. The minimum Gasteiger partial charge on any atom is -0.492 e. The van der Waals surface area contributed by atoms with Gasteiger partial charge in [-0.2, -0.15) is 0 Å². The Morgan fingerprint density at radius 1 is 1.14 bits per heavy atom. The van der Waals surface area contributed by atoms with E-state index in [-0.39, 0.29) is 28.4 Å². The molecule has 0 atom stereocenters. The predicted octanol–water partition coefficient (Wildman–Crippen LogP) is 3.03. The molecule has 35 heavy (non-hydrogen) atoms. The molecular formula is C22H24FN5O6S. The van der Waals surface area contributed by atoms with Crippen molar-refractivity contribution in [1.29, 1.82) is 0 Å². The van der Waals surface area contributed by atoms with Crippen LogP contribution in [0.25, 0.3) is 5.69 Å². The molecule has 0 spiro atoms. The minimum atomic E-state index is -3.66. The number of carbonyl (C=O) groups is 2. The Balaban J connectivity index is 2.04. The standard InChI is InChI=1S/C22H24FN5O6S/c1-22(2,3)13-9-15(19(34-4)16(10-13)26-35(5,32)33)24-20(29)12-6-7-14(23)18(8-12)28-11-17(21(30)31)25-27-28/h6-11,26H,1-5H3,(H,24,29)(H,30,31). The van der Waals surface area contributed by atoms with E-state index < -0.39 is 38.8 Å². The average Bonchev–Trinajstić information content (AvgIpc) is 3.22. The zero-order chi connectivity index (χ0) is 26.1. The molecule has 0 saturated heterocycles. The summed E-state index contributed by atoms with van der Waals surface area (Å²) >= 11 is 0. The lowest BCUT2D eigenvalue weighted by atomic mass is 9.86. The highest BCUT2D eigenvalue weighted by molar-refractivity contribution is 7.92. The zero-order valence-electron chi connectivity index (χ0n) is 19.6. The number of carboxylic acids is 1. The number of amides is 1. The van der Waals surface area contributed by atoms with Crippen LogP contribution in [0.3, 0.4) is 0 Å². The number of anilines is 2. The van der Waals surface area contributed by atoms with Crippen LogP contribution in [-0.2, 0) is 15.4 Å². The molecule has 0 bridgehead atoms. The normalized spacial score (nSPS) is 11.7.